The highest BCUT2D eigenvalue weighted by molar-refractivity contribution is 5.85. The molecule has 0 saturated carbocycles. The number of nitrogens with zero attached hydrogens (tertiary/aromatic N) is 6. The van der Waals surface area contributed by atoms with Crippen LogP contribution < -0.4 is 0 Å². The third kappa shape index (κ3) is 2.24. The van der Waals surface area contributed by atoms with Gasteiger partial charge < -0.3 is 4.57 Å². The van der Waals surface area contributed by atoms with Crippen molar-refractivity contribution in [2.45, 2.75) is 6.54 Å². The third-order valence-electron chi connectivity index (χ3n) is 3.70. The van der Waals surface area contributed by atoms with E-state index < -0.39 is 0 Å². The van der Waals surface area contributed by atoms with Gasteiger partial charge in [-0.2, -0.15) is 0 Å². The van der Waals surface area contributed by atoms with Crippen LogP contribution in [0.15, 0.2) is 55.2 Å². The molecule has 0 aliphatic rings. The Kier molecular flexibility index (Phi) is 2.93. The summed E-state index contributed by atoms with van der Waals surface area (Å²) in [6, 6.07) is 8.19. The summed E-state index contributed by atoms with van der Waals surface area (Å²) in [7, 11) is 1.97. The average molecular weight is 290 g/mol. The monoisotopic (exact) mass is 290 g/mol. The number of hydrogen-bond donors (Lipinski definition) is 0. The number of rotatable bonds is 3. The minimum absolute atomic E-state index is 0.605. The van der Waals surface area contributed by atoms with Crippen LogP contribution in [0, 0.1) is 0 Å². The van der Waals surface area contributed by atoms with E-state index in [2.05, 4.69) is 32.4 Å². The molecule has 1 aromatic carbocycles. The van der Waals surface area contributed by atoms with Crippen molar-refractivity contribution in [3.05, 3.63) is 61.1 Å². The van der Waals surface area contributed by atoms with Crippen LogP contribution in [-0.4, -0.2) is 29.5 Å². The molecule has 0 radical (unpaired) electrons. The van der Waals surface area contributed by atoms with Crippen molar-refractivity contribution < 1.29 is 0 Å². The summed E-state index contributed by atoms with van der Waals surface area (Å²) in [5, 5.41) is 10.7. The molecule has 0 saturated heterocycles. The highest BCUT2D eigenvalue weighted by Crippen LogP contribution is 2.22. The number of aromatic nitrogens is 6. The molecule has 0 unspecified atom stereocenters. The van der Waals surface area contributed by atoms with Crippen molar-refractivity contribution in [1.82, 2.24) is 29.5 Å². The molecule has 0 atom stereocenters. The van der Waals surface area contributed by atoms with E-state index in [0.717, 1.165) is 27.9 Å². The fraction of sp³-hybridized carbons (Fsp3) is 0.125. The van der Waals surface area contributed by atoms with Crippen molar-refractivity contribution in [3.8, 4) is 11.3 Å². The predicted molar refractivity (Wildman–Crippen MR) is 83.1 cm³/mol. The molecule has 4 rings (SSSR count). The number of aryl methyl sites for hydroxylation is 1. The Morgan fingerprint density at radius 3 is 2.91 bits per heavy atom. The molecule has 0 aliphatic heterocycles. The SMILES string of the molecule is Cn1ccnc1Cn1cc(-c2ccc3cnccc3c2)nn1. The fourth-order valence-electron chi connectivity index (χ4n) is 2.44. The van der Waals surface area contributed by atoms with Gasteiger partial charge in [-0.3, -0.25) is 4.98 Å². The summed E-state index contributed by atoms with van der Waals surface area (Å²) in [5.41, 5.74) is 1.90. The second-order valence-corrected chi connectivity index (χ2v) is 5.19. The normalized spacial score (nSPS) is 11.1. The van der Waals surface area contributed by atoms with E-state index in [9.17, 15) is 0 Å². The summed E-state index contributed by atoms with van der Waals surface area (Å²) in [4.78, 5) is 8.43. The van der Waals surface area contributed by atoms with E-state index in [0.29, 0.717) is 6.54 Å². The van der Waals surface area contributed by atoms with Crippen LogP contribution in [0.3, 0.4) is 0 Å². The highest BCUT2D eigenvalue weighted by Gasteiger charge is 2.07. The third-order valence-corrected chi connectivity index (χ3v) is 3.70. The van der Waals surface area contributed by atoms with Crippen molar-refractivity contribution in [1.29, 1.82) is 0 Å². The summed E-state index contributed by atoms with van der Waals surface area (Å²) in [6.07, 6.45) is 9.30. The Bertz CT molecular complexity index is 936. The first-order valence-electron chi connectivity index (χ1n) is 7.00. The van der Waals surface area contributed by atoms with Gasteiger partial charge >= 0.3 is 0 Å². The maximum Gasteiger partial charge on any atom is 0.130 e. The molecule has 0 N–H and O–H groups in total. The molecule has 6 nitrogen and oxygen atoms in total. The number of imidazole rings is 1. The van der Waals surface area contributed by atoms with Crippen LogP contribution in [0.5, 0.6) is 0 Å². The summed E-state index contributed by atoms with van der Waals surface area (Å²) < 4.78 is 3.78. The van der Waals surface area contributed by atoms with E-state index >= 15 is 0 Å². The van der Waals surface area contributed by atoms with E-state index in [-0.39, 0.29) is 0 Å². The second kappa shape index (κ2) is 5.07. The smallest absolute Gasteiger partial charge is 0.130 e. The van der Waals surface area contributed by atoms with Gasteiger partial charge in [0.2, 0.25) is 0 Å². The summed E-state index contributed by atoms with van der Waals surface area (Å²) in [6.45, 7) is 0.605. The molecule has 0 amide bonds. The molecule has 4 aromatic rings. The minimum atomic E-state index is 0.605. The van der Waals surface area contributed by atoms with Gasteiger partial charge in [-0.1, -0.05) is 17.3 Å². The van der Waals surface area contributed by atoms with Crippen LogP contribution >= 0.6 is 0 Å². The van der Waals surface area contributed by atoms with E-state index in [1.807, 2.05) is 42.3 Å². The standard InChI is InChI=1S/C16H14N6/c1-21-7-6-18-16(21)11-22-10-15(19-20-22)13-2-3-14-9-17-5-4-12(14)8-13/h2-10H,11H2,1H3. The van der Waals surface area contributed by atoms with Crippen LogP contribution in [0.1, 0.15) is 5.82 Å². The Balaban J connectivity index is 1.66. The average Bonchev–Trinajstić information content (AvgIpc) is 3.17. The zero-order valence-corrected chi connectivity index (χ0v) is 12.1. The molecule has 6 heteroatoms. The van der Waals surface area contributed by atoms with Gasteiger partial charge in [0.1, 0.15) is 18.1 Å². The molecule has 3 aromatic heterocycles. The van der Waals surface area contributed by atoms with Crippen LogP contribution in [0.2, 0.25) is 0 Å². The van der Waals surface area contributed by atoms with E-state index in [4.69, 9.17) is 0 Å². The Labute approximate surface area is 127 Å². The molecule has 0 bridgehead atoms. The highest BCUT2D eigenvalue weighted by atomic mass is 15.4. The van der Waals surface area contributed by atoms with Crippen molar-refractivity contribution in [3.63, 3.8) is 0 Å². The van der Waals surface area contributed by atoms with Crippen LogP contribution in [0.4, 0.5) is 0 Å². The van der Waals surface area contributed by atoms with Crippen molar-refractivity contribution >= 4 is 10.8 Å². The van der Waals surface area contributed by atoms with Gasteiger partial charge in [0.25, 0.3) is 0 Å². The maximum absolute atomic E-state index is 4.30. The molecular weight excluding hydrogens is 276 g/mol. The number of fused-ring (bicyclic) bond motifs is 1. The molecular formula is C16H14N6. The van der Waals surface area contributed by atoms with Gasteiger partial charge in [0.15, 0.2) is 0 Å². The van der Waals surface area contributed by atoms with Crippen molar-refractivity contribution in [2.75, 3.05) is 0 Å². The molecule has 108 valence electrons. The fourth-order valence-corrected chi connectivity index (χ4v) is 2.44. The van der Waals surface area contributed by atoms with E-state index in [1.54, 1.807) is 17.1 Å². The van der Waals surface area contributed by atoms with Gasteiger partial charge in [-0.25, -0.2) is 9.67 Å². The number of hydrogen-bond acceptors (Lipinski definition) is 4. The second-order valence-electron chi connectivity index (χ2n) is 5.19. The van der Waals surface area contributed by atoms with Gasteiger partial charge in [-0.05, 0) is 17.5 Å². The first-order chi connectivity index (χ1) is 10.8. The lowest BCUT2D eigenvalue weighted by atomic mass is 10.1. The minimum Gasteiger partial charge on any atom is -0.336 e. The van der Waals surface area contributed by atoms with Crippen LogP contribution in [0.25, 0.3) is 22.0 Å². The Morgan fingerprint density at radius 2 is 2.05 bits per heavy atom. The summed E-state index contributed by atoms with van der Waals surface area (Å²) in [5.74, 6) is 0.945. The largest absolute Gasteiger partial charge is 0.336 e. The molecule has 0 fully saturated rings. The number of benzene rings is 1. The van der Waals surface area contributed by atoms with Gasteiger partial charge in [0.05, 0.1) is 6.20 Å². The number of pyridine rings is 1. The van der Waals surface area contributed by atoms with Crippen LogP contribution in [-0.2, 0) is 13.6 Å². The first kappa shape index (κ1) is 12.7. The summed E-state index contributed by atoms with van der Waals surface area (Å²) >= 11 is 0. The molecule has 0 spiro atoms. The lowest BCUT2D eigenvalue weighted by molar-refractivity contribution is 0.607. The Morgan fingerprint density at radius 1 is 1.09 bits per heavy atom. The quantitative estimate of drug-likeness (QED) is 0.581. The molecule has 0 aliphatic carbocycles. The molecule has 22 heavy (non-hydrogen) atoms. The first-order valence-corrected chi connectivity index (χ1v) is 7.00. The Hall–Kier alpha value is -3.02. The predicted octanol–water partition coefficient (Wildman–Crippen LogP) is 2.28. The van der Waals surface area contributed by atoms with Gasteiger partial charge in [0, 0.05) is 42.8 Å². The zero-order valence-electron chi connectivity index (χ0n) is 12.1. The molecule has 3 heterocycles. The van der Waals surface area contributed by atoms with E-state index in [1.165, 1.54) is 0 Å². The lowest BCUT2D eigenvalue weighted by Gasteiger charge is -2.01. The zero-order chi connectivity index (χ0) is 14.9. The van der Waals surface area contributed by atoms with Crippen molar-refractivity contribution in [2.24, 2.45) is 7.05 Å². The maximum atomic E-state index is 4.30. The van der Waals surface area contributed by atoms with Gasteiger partial charge in [-0.15, -0.1) is 5.10 Å². The topological polar surface area (TPSA) is 61.4 Å². The lowest BCUT2D eigenvalue weighted by Crippen LogP contribution is -2.06.